The highest BCUT2D eigenvalue weighted by Crippen LogP contribution is 2.30. The number of aryl methyl sites for hydroxylation is 2. The molecule has 1 aromatic carbocycles. The van der Waals surface area contributed by atoms with Gasteiger partial charge in [-0.15, -0.1) is 11.3 Å². The first-order valence-electron chi connectivity index (χ1n) is 8.25. The Hall–Kier alpha value is -2.89. The van der Waals surface area contributed by atoms with Crippen molar-refractivity contribution in [3.05, 3.63) is 74.9 Å². The van der Waals surface area contributed by atoms with E-state index in [4.69, 9.17) is 0 Å². The van der Waals surface area contributed by atoms with E-state index in [1.165, 1.54) is 11.3 Å². The van der Waals surface area contributed by atoms with Crippen LogP contribution in [0.4, 0.5) is 19.0 Å². The molecule has 0 aliphatic carbocycles. The Morgan fingerprint density at radius 3 is 2.57 bits per heavy atom. The average molecular weight is 403 g/mol. The minimum atomic E-state index is -4.48. The Morgan fingerprint density at radius 1 is 1.11 bits per heavy atom. The standard InChI is InChI=1S/C20H16F3N3OS/c1-12-3-4-15(9-14(12)5-6-17-11-25-13(2)28-17)19(27)26-18-10-16(7-8-24-18)20(21,22)23/h3-4,7-11,19,27H,1-2H3,(H,24,26). The zero-order valence-corrected chi connectivity index (χ0v) is 15.8. The molecule has 0 saturated heterocycles. The molecular weight excluding hydrogens is 387 g/mol. The molecule has 0 aliphatic heterocycles. The molecule has 2 N–H and O–H groups in total. The zero-order chi connectivity index (χ0) is 20.3. The van der Waals surface area contributed by atoms with E-state index in [2.05, 4.69) is 27.1 Å². The number of aromatic nitrogens is 2. The lowest BCUT2D eigenvalue weighted by Gasteiger charge is -2.16. The van der Waals surface area contributed by atoms with Crippen molar-refractivity contribution in [2.45, 2.75) is 26.3 Å². The number of alkyl halides is 3. The number of nitrogens with one attached hydrogen (secondary N) is 1. The topological polar surface area (TPSA) is 58.0 Å². The third kappa shape index (κ3) is 4.88. The number of thiazole rings is 1. The SMILES string of the molecule is Cc1ncc(C#Cc2cc(C(O)Nc3cc(C(F)(F)F)ccn3)ccc2C)s1. The van der Waals surface area contributed by atoms with E-state index in [1.807, 2.05) is 13.8 Å². The van der Waals surface area contributed by atoms with Gasteiger partial charge in [-0.1, -0.05) is 18.1 Å². The van der Waals surface area contributed by atoms with Gasteiger partial charge in [0.1, 0.15) is 5.82 Å². The lowest BCUT2D eigenvalue weighted by Crippen LogP contribution is -2.13. The van der Waals surface area contributed by atoms with Crippen LogP contribution in [0.25, 0.3) is 0 Å². The van der Waals surface area contributed by atoms with Gasteiger partial charge in [-0.25, -0.2) is 9.97 Å². The van der Waals surface area contributed by atoms with Crippen LogP contribution >= 0.6 is 11.3 Å². The Morgan fingerprint density at radius 2 is 1.89 bits per heavy atom. The van der Waals surface area contributed by atoms with Gasteiger partial charge >= 0.3 is 6.18 Å². The van der Waals surface area contributed by atoms with Crippen LogP contribution in [0, 0.1) is 25.7 Å². The first-order valence-corrected chi connectivity index (χ1v) is 9.07. The van der Waals surface area contributed by atoms with Crippen LogP contribution in [0.1, 0.15) is 38.4 Å². The van der Waals surface area contributed by atoms with Crippen molar-refractivity contribution in [1.82, 2.24) is 9.97 Å². The van der Waals surface area contributed by atoms with Crippen molar-refractivity contribution in [3.63, 3.8) is 0 Å². The Bertz CT molecular complexity index is 1050. The molecule has 8 heteroatoms. The van der Waals surface area contributed by atoms with E-state index in [1.54, 1.807) is 24.4 Å². The van der Waals surface area contributed by atoms with Gasteiger partial charge in [0, 0.05) is 17.3 Å². The summed E-state index contributed by atoms with van der Waals surface area (Å²) >= 11 is 1.48. The molecule has 0 radical (unpaired) electrons. The van der Waals surface area contributed by atoms with Gasteiger partial charge in [0.2, 0.25) is 0 Å². The minimum Gasteiger partial charge on any atom is -0.369 e. The van der Waals surface area contributed by atoms with Gasteiger partial charge < -0.3 is 10.4 Å². The molecule has 1 unspecified atom stereocenters. The number of hydrogen-bond acceptors (Lipinski definition) is 5. The number of hydrogen-bond donors (Lipinski definition) is 2. The predicted octanol–water partition coefficient (Wildman–Crippen LogP) is 4.68. The van der Waals surface area contributed by atoms with Crippen LogP contribution in [-0.4, -0.2) is 15.1 Å². The molecule has 0 bridgehead atoms. The average Bonchev–Trinajstić information content (AvgIpc) is 3.06. The van der Waals surface area contributed by atoms with Gasteiger partial charge in [-0.2, -0.15) is 13.2 Å². The molecule has 28 heavy (non-hydrogen) atoms. The smallest absolute Gasteiger partial charge is 0.369 e. The molecule has 0 amide bonds. The summed E-state index contributed by atoms with van der Waals surface area (Å²) in [4.78, 5) is 8.81. The van der Waals surface area contributed by atoms with Crippen LogP contribution in [0.15, 0.2) is 42.7 Å². The number of aliphatic hydroxyl groups is 1. The number of anilines is 1. The maximum absolute atomic E-state index is 12.8. The van der Waals surface area contributed by atoms with Gasteiger partial charge in [-0.05, 0) is 43.5 Å². The molecule has 2 heterocycles. The number of aliphatic hydroxyl groups excluding tert-OH is 1. The molecule has 0 saturated carbocycles. The number of benzene rings is 1. The summed E-state index contributed by atoms with van der Waals surface area (Å²) in [5, 5.41) is 13.9. The van der Waals surface area contributed by atoms with E-state index < -0.39 is 18.0 Å². The summed E-state index contributed by atoms with van der Waals surface area (Å²) < 4.78 is 38.4. The second-order valence-electron chi connectivity index (χ2n) is 6.04. The normalized spacial score (nSPS) is 12.2. The summed E-state index contributed by atoms with van der Waals surface area (Å²) in [6, 6.07) is 6.90. The maximum Gasteiger partial charge on any atom is 0.416 e. The van der Waals surface area contributed by atoms with Crippen molar-refractivity contribution in [3.8, 4) is 11.8 Å². The van der Waals surface area contributed by atoms with Crippen molar-refractivity contribution in [2.24, 2.45) is 0 Å². The van der Waals surface area contributed by atoms with Crippen molar-refractivity contribution in [1.29, 1.82) is 0 Å². The van der Waals surface area contributed by atoms with E-state index in [9.17, 15) is 18.3 Å². The van der Waals surface area contributed by atoms with Gasteiger partial charge in [0.15, 0.2) is 6.23 Å². The fourth-order valence-electron chi connectivity index (χ4n) is 2.40. The first-order chi connectivity index (χ1) is 13.2. The maximum atomic E-state index is 12.8. The summed E-state index contributed by atoms with van der Waals surface area (Å²) in [5.74, 6) is 6.00. The van der Waals surface area contributed by atoms with Crippen LogP contribution in [-0.2, 0) is 6.18 Å². The van der Waals surface area contributed by atoms with Gasteiger partial charge in [-0.3, -0.25) is 0 Å². The Kier molecular flexibility index (Phi) is 5.68. The lowest BCUT2D eigenvalue weighted by atomic mass is 10.0. The fourth-order valence-corrected chi connectivity index (χ4v) is 3.03. The Balaban J connectivity index is 1.81. The van der Waals surface area contributed by atoms with E-state index in [0.717, 1.165) is 33.8 Å². The molecule has 2 aromatic heterocycles. The molecule has 0 aliphatic rings. The lowest BCUT2D eigenvalue weighted by molar-refractivity contribution is -0.137. The van der Waals surface area contributed by atoms with E-state index >= 15 is 0 Å². The van der Waals surface area contributed by atoms with Gasteiger partial charge in [0.25, 0.3) is 0 Å². The number of pyridine rings is 1. The first kappa shape index (κ1) is 19.9. The minimum absolute atomic E-state index is 0.0735. The molecule has 3 rings (SSSR count). The van der Waals surface area contributed by atoms with Gasteiger partial charge in [0.05, 0.1) is 21.6 Å². The van der Waals surface area contributed by atoms with Crippen molar-refractivity contribution in [2.75, 3.05) is 5.32 Å². The van der Waals surface area contributed by atoms with Crippen LogP contribution < -0.4 is 5.32 Å². The quantitative estimate of drug-likeness (QED) is 0.493. The molecule has 144 valence electrons. The monoisotopic (exact) mass is 403 g/mol. The molecule has 4 nitrogen and oxygen atoms in total. The third-order valence-electron chi connectivity index (χ3n) is 3.89. The predicted molar refractivity (Wildman–Crippen MR) is 102 cm³/mol. The highest BCUT2D eigenvalue weighted by Gasteiger charge is 2.30. The fraction of sp³-hybridized carbons (Fsp3) is 0.200. The molecule has 1 atom stereocenters. The second-order valence-corrected chi connectivity index (χ2v) is 7.28. The highest BCUT2D eigenvalue weighted by atomic mass is 32.1. The van der Waals surface area contributed by atoms with Crippen LogP contribution in [0.2, 0.25) is 0 Å². The third-order valence-corrected chi connectivity index (χ3v) is 4.72. The second kappa shape index (κ2) is 8.00. The van der Waals surface area contributed by atoms with E-state index in [0.29, 0.717) is 11.1 Å². The summed E-state index contributed by atoms with van der Waals surface area (Å²) in [6.07, 6.45) is -2.97. The highest BCUT2D eigenvalue weighted by molar-refractivity contribution is 7.12. The molecule has 3 aromatic rings. The largest absolute Gasteiger partial charge is 0.416 e. The summed E-state index contributed by atoms with van der Waals surface area (Å²) in [7, 11) is 0. The summed E-state index contributed by atoms with van der Waals surface area (Å²) in [6.45, 7) is 3.78. The summed E-state index contributed by atoms with van der Waals surface area (Å²) in [5.41, 5.74) is 1.25. The van der Waals surface area contributed by atoms with Crippen molar-refractivity contribution < 1.29 is 18.3 Å². The number of rotatable bonds is 3. The number of halogens is 3. The van der Waals surface area contributed by atoms with Crippen LogP contribution in [0.3, 0.4) is 0 Å². The number of nitrogens with zero attached hydrogens (tertiary/aromatic N) is 2. The van der Waals surface area contributed by atoms with Crippen molar-refractivity contribution >= 4 is 17.2 Å². The molecule has 0 spiro atoms. The zero-order valence-electron chi connectivity index (χ0n) is 15.0. The van der Waals surface area contributed by atoms with E-state index in [-0.39, 0.29) is 5.82 Å². The Labute approximate surface area is 164 Å². The molecular formula is C20H16F3N3OS. The van der Waals surface area contributed by atoms with Crippen LogP contribution in [0.5, 0.6) is 0 Å². The molecule has 0 fully saturated rings.